The monoisotopic (exact) mass is 269 g/mol. The highest BCUT2D eigenvalue weighted by atomic mass is 19.1. The van der Waals surface area contributed by atoms with E-state index >= 15 is 0 Å². The van der Waals surface area contributed by atoms with Crippen LogP contribution in [0.15, 0.2) is 36.7 Å². The van der Waals surface area contributed by atoms with E-state index in [-0.39, 0.29) is 11.6 Å². The normalized spacial score (nSPS) is 14.8. The maximum Gasteiger partial charge on any atom is 0.145 e. The van der Waals surface area contributed by atoms with Crippen LogP contribution in [0.25, 0.3) is 22.4 Å². The molecular formula is C15H12FN3O. The molecule has 1 aromatic carbocycles. The molecule has 1 N–H and O–H groups in total. The highest BCUT2D eigenvalue weighted by Gasteiger charge is 2.29. The van der Waals surface area contributed by atoms with Gasteiger partial charge in [-0.05, 0) is 31.0 Å². The Morgan fingerprint density at radius 1 is 1.25 bits per heavy atom. The van der Waals surface area contributed by atoms with Crippen molar-refractivity contribution in [3.63, 3.8) is 0 Å². The number of halogens is 1. The predicted molar refractivity (Wildman–Crippen MR) is 72.9 cm³/mol. The van der Waals surface area contributed by atoms with E-state index in [1.165, 1.54) is 18.3 Å². The van der Waals surface area contributed by atoms with E-state index in [1.54, 1.807) is 18.3 Å². The lowest BCUT2D eigenvalue weighted by Gasteiger charge is -2.08. The summed E-state index contributed by atoms with van der Waals surface area (Å²) in [6.07, 6.45) is 5.18. The Bertz CT molecular complexity index is 808. The first kappa shape index (κ1) is 11.4. The van der Waals surface area contributed by atoms with Crippen LogP contribution in [-0.4, -0.2) is 19.6 Å². The summed E-state index contributed by atoms with van der Waals surface area (Å²) in [4.78, 5) is 8.38. The van der Waals surface area contributed by atoms with Gasteiger partial charge in [-0.25, -0.2) is 9.37 Å². The van der Waals surface area contributed by atoms with Gasteiger partial charge in [0.15, 0.2) is 0 Å². The lowest BCUT2D eigenvalue weighted by atomic mass is 10.2. The molecule has 3 aromatic rings. The molecule has 1 saturated carbocycles. The Kier molecular flexibility index (Phi) is 2.30. The van der Waals surface area contributed by atoms with Gasteiger partial charge in [0.05, 0.1) is 22.8 Å². The Labute approximate surface area is 114 Å². The Balaban J connectivity index is 2.03. The lowest BCUT2D eigenvalue weighted by molar-refractivity contribution is 0.474. The molecule has 4 rings (SSSR count). The first-order valence-electron chi connectivity index (χ1n) is 6.55. The van der Waals surface area contributed by atoms with Crippen molar-refractivity contribution in [3.05, 3.63) is 42.5 Å². The molecule has 1 aliphatic rings. The van der Waals surface area contributed by atoms with Gasteiger partial charge >= 0.3 is 0 Å². The van der Waals surface area contributed by atoms with Crippen LogP contribution in [0.3, 0.4) is 0 Å². The van der Waals surface area contributed by atoms with Crippen molar-refractivity contribution < 1.29 is 9.50 Å². The molecule has 0 spiro atoms. The molecule has 4 nitrogen and oxygen atoms in total. The zero-order chi connectivity index (χ0) is 13.7. The third-order valence-corrected chi connectivity index (χ3v) is 3.60. The van der Waals surface area contributed by atoms with Gasteiger partial charge in [-0.1, -0.05) is 0 Å². The SMILES string of the molecule is Oc1cnccc1-c1nc2cc(F)ccc2n1C1CC1. The number of hydrogen-bond acceptors (Lipinski definition) is 3. The van der Waals surface area contributed by atoms with Crippen LogP contribution in [-0.2, 0) is 0 Å². The van der Waals surface area contributed by atoms with Crippen LogP contribution >= 0.6 is 0 Å². The second-order valence-electron chi connectivity index (χ2n) is 5.06. The summed E-state index contributed by atoms with van der Waals surface area (Å²) in [6, 6.07) is 6.73. The number of aromatic hydroxyl groups is 1. The third kappa shape index (κ3) is 1.66. The van der Waals surface area contributed by atoms with Crippen LogP contribution in [0.4, 0.5) is 4.39 Å². The van der Waals surface area contributed by atoms with Crippen molar-refractivity contribution >= 4 is 11.0 Å². The topological polar surface area (TPSA) is 50.9 Å². The van der Waals surface area contributed by atoms with Crippen molar-refractivity contribution in [2.45, 2.75) is 18.9 Å². The number of hydrogen-bond donors (Lipinski definition) is 1. The van der Waals surface area contributed by atoms with Crippen LogP contribution in [0.5, 0.6) is 5.75 Å². The van der Waals surface area contributed by atoms with Gasteiger partial charge in [0.25, 0.3) is 0 Å². The third-order valence-electron chi connectivity index (χ3n) is 3.60. The van der Waals surface area contributed by atoms with Gasteiger partial charge < -0.3 is 9.67 Å². The van der Waals surface area contributed by atoms with E-state index in [9.17, 15) is 9.50 Å². The molecule has 5 heteroatoms. The van der Waals surface area contributed by atoms with Crippen LogP contribution in [0.1, 0.15) is 18.9 Å². The molecular weight excluding hydrogens is 257 g/mol. The molecule has 0 radical (unpaired) electrons. The Hall–Kier alpha value is -2.43. The Morgan fingerprint density at radius 2 is 2.10 bits per heavy atom. The van der Waals surface area contributed by atoms with Crippen molar-refractivity contribution in [1.29, 1.82) is 0 Å². The van der Waals surface area contributed by atoms with Crippen LogP contribution < -0.4 is 0 Å². The molecule has 1 fully saturated rings. The summed E-state index contributed by atoms with van der Waals surface area (Å²) in [5.41, 5.74) is 2.15. The quantitative estimate of drug-likeness (QED) is 0.776. The number of fused-ring (bicyclic) bond motifs is 1. The molecule has 0 amide bonds. The Morgan fingerprint density at radius 3 is 2.85 bits per heavy atom. The zero-order valence-corrected chi connectivity index (χ0v) is 10.6. The first-order valence-corrected chi connectivity index (χ1v) is 6.55. The molecule has 0 atom stereocenters. The standard InChI is InChI=1S/C15H12FN3O/c16-9-1-4-13-12(7-9)18-15(19(13)10-2-3-10)11-5-6-17-8-14(11)20/h1,4-8,10,20H,2-3H2. The number of aromatic nitrogens is 3. The maximum absolute atomic E-state index is 13.4. The largest absolute Gasteiger partial charge is 0.506 e. The second-order valence-corrected chi connectivity index (χ2v) is 5.06. The fourth-order valence-corrected chi connectivity index (χ4v) is 2.54. The number of imidazole rings is 1. The summed E-state index contributed by atoms with van der Waals surface area (Å²) in [5.74, 6) is 0.460. The molecule has 1 aliphatic carbocycles. The summed E-state index contributed by atoms with van der Waals surface area (Å²) >= 11 is 0. The average Bonchev–Trinajstić information content (AvgIpc) is 3.20. The molecule has 0 aliphatic heterocycles. The predicted octanol–water partition coefficient (Wildman–Crippen LogP) is 3.28. The minimum absolute atomic E-state index is 0.0881. The summed E-state index contributed by atoms with van der Waals surface area (Å²) < 4.78 is 15.5. The molecule has 0 bridgehead atoms. The number of nitrogens with zero attached hydrogens (tertiary/aromatic N) is 3. The van der Waals surface area contributed by atoms with Crippen molar-refractivity contribution in [1.82, 2.24) is 14.5 Å². The number of pyridine rings is 1. The molecule has 100 valence electrons. The van der Waals surface area contributed by atoms with Crippen LogP contribution in [0, 0.1) is 5.82 Å². The number of rotatable bonds is 2. The van der Waals surface area contributed by atoms with E-state index in [0.29, 0.717) is 22.9 Å². The molecule has 0 unspecified atom stereocenters. The highest BCUT2D eigenvalue weighted by molar-refractivity contribution is 5.82. The fourth-order valence-electron chi connectivity index (χ4n) is 2.54. The second kappa shape index (κ2) is 4.03. The van der Waals surface area contributed by atoms with E-state index in [2.05, 4.69) is 14.5 Å². The minimum Gasteiger partial charge on any atom is -0.506 e. The van der Waals surface area contributed by atoms with Gasteiger partial charge in [-0.15, -0.1) is 0 Å². The smallest absolute Gasteiger partial charge is 0.145 e. The van der Waals surface area contributed by atoms with E-state index < -0.39 is 0 Å². The molecule has 2 aromatic heterocycles. The molecule has 20 heavy (non-hydrogen) atoms. The summed E-state index contributed by atoms with van der Waals surface area (Å²) in [5, 5.41) is 9.98. The van der Waals surface area contributed by atoms with E-state index in [0.717, 1.165) is 18.4 Å². The number of benzene rings is 1. The molecule has 2 heterocycles. The first-order chi connectivity index (χ1) is 9.74. The van der Waals surface area contributed by atoms with Crippen molar-refractivity contribution in [2.24, 2.45) is 0 Å². The minimum atomic E-state index is -0.302. The van der Waals surface area contributed by atoms with Gasteiger partial charge in [0.1, 0.15) is 17.4 Å². The zero-order valence-electron chi connectivity index (χ0n) is 10.6. The fraction of sp³-hybridized carbons (Fsp3) is 0.200. The maximum atomic E-state index is 13.4. The van der Waals surface area contributed by atoms with Crippen LogP contribution in [0.2, 0.25) is 0 Å². The van der Waals surface area contributed by atoms with Crippen molar-refractivity contribution in [2.75, 3.05) is 0 Å². The summed E-state index contributed by atoms with van der Waals surface area (Å²) in [6.45, 7) is 0. The van der Waals surface area contributed by atoms with Gasteiger partial charge in [0, 0.05) is 18.3 Å². The average molecular weight is 269 g/mol. The lowest BCUT2D eigenvalue weighted by Crippen LogP contribution is -1.97. The van der Waals surface area contributed by atoms with Gasteiger partial charge in [-0.3, -0.25) is 4.98 Å². The molecule has 0 saturated heterocycles. The van der Waals surface area contributed by atoms with E-state index in [1.807, 2.05) is 0 Å². The van der Waals surface area contributed by atoms with Gasteiger partial charge in [0.2, 0.25) is 0 Å². The van der Waals surface area contributed by atoms with Gasteiger partial charge in [-0.2, -0.15) is 0 Å². The highest BCUT2D eigenvalue weighted by Crippen LogP contribution is 2.42. The van der Waals surface area contributed by atoms with Crippen molar-refractivity contribution in [3.8, 4) is 17.1 Å². The summed E-state index contributed by atoms with van der Waals surface area (Å²) in [7, 11) is 0. The van der Waals surface area contributed by atoms with E-state index in [4.69, 9.17) is 0 Å².